The molecule has 2 rings (SSSR count). The summed E-state index contributed by atoms with van der Waals surface area (Å²) in [5.74, 6) is -0.341. The second-order valence-corrected chi connectivity index (χ2v) is 3.24. The highest BCUT2D eigenvalue weighted by atomic mass is 35.5. The van der Waals surface area contributed by atoms with Gasteiger partial charge in [-0.2, -0.15) is 0 Å². The number of hydrogen-bond acceptors (Lipinski definition) is 3. The largest absolute Gasteiger partial charge is 0.465 e. The lowest BCUT2D eigenvalue weighted by molar-refractivity contribution is 0.0603. The van der Waals surface area contributed by atoms with Crippen molar-refractivity contribution in [2.75, 3.05) is 12.8 Å². The Morgan fingerprint density at radius 1 is 1.12 bits per heavy atom. The predicted octanol–water partition coefficient (Wildman–Crippen LogP) is 2.63. The molecule has 0 radical (unpaired) electrons. The molecule has 0 atom stereocenters. The van der Waals surface area contributed by atoms with Crippen LogP contribution in [-0.2, 0) is 4.74 Å². The van der Waals surface area contributed by atoms with Crippen molar-refractivity contribution in [3.63, 3.8) is 0 Å². The Morgan fingerprint density at radius 2 is 1.75 bits per heavy atom. The normalized spacial score (nSPS) is 9.56. The smallest absolute Gasteiger partial charge is 0.338 e. The summed E-state index contributed by atoms with van der Waals surface area (Å²) in [7, 11) is 1.37. The Morgan fingerprint density at radius 3 is 2.38 bits per heavy atom. The van der Waals surface area contributed by atoms with Crippen LogP contribution in [0, 0.1) is 0 Å². The molecule has 3 nitrogen and oxygen atoms in total. The van der Waals surface area contributed by atoms with Crippen LogP contribution in [0.1, 0.15) is 10.4 Å². The molecule has 0 amide bonds. The maximum atomic E-state index is 11.5. The number of fused-ring (bicyclic) bond motifs is 1. The molecular weight excluding hydrogens is 226 g/mol. The molecule has 0 aliphatic carbocycles. The summed E-state index contributed by atoms with van der Waals surface area (Å²) in [6, 6.07) is 10.9. The zero-order chi connectivity index (χ0) is 10.8. The standard InChI is InChI=1S/C12H11NO2.ClH/c1-15-12(14)10-6-7-11(13)9-5-3-2-4-8(9)10;/h2-7H,13H2,1H3;1H. The van der Waals surface area contributed by atoms with E-state index in [0.717, 1.165) is 10.8 Å². The van der Waals surface area contributed by atoms with Gasteiger partial charge in [-0.15, -0.1) is 12.4 Å². The summed E-state index contributed by atoms with van der Waals surface area (Å²) in [5, 5.41) is 1.70. The van der Waals surface area contributed by atoms with Crippen molar-refractivity contribution in [1.29, 1.82) is 0 Å². The van der Waals surface area contributed by atoms with E-state index in [-0.39, 0.29) is 18.4 Å². The maximum Gasteiger partial charge on any atom is 0.338 e. The molecule has 0 saturated heterocycles. The number of rotatable bonds is 1. The van der Waals surface area contributed by atoms with Crippen LogP contribution in [0.15, 0.2) is 36.4 Å². The number of carbonyl (C=O) groups excluding carboxylic acids is 1. The summed E-state index contributed by atoms with van der Waals surface area (Å²) in [6.07, 6.45) is 0. The molecule has 84 valence electrons. The highest BCUT2D eigenvalue weighted by Crippen LogP contribution is 2.24. The first-order chi connectivity index (χ1) is 7.24. The number of esters is 1. The lowest BCUT2D eigenvalue weighted by Gasteiger charge is -2.06. The van der Waals surface area contributed by atoms with Gasteiger partial charge in [0.2, 0.25) is 0 Å². The van der Waals surface area contributed by atoms with Crippen LogP contribution in [0.5, 0.6) is 0 Å². The van der Waals surface area contributed by atoms with E-state index in [1.165, 1.54) is 7.11 Å². The fourth-order valence-electron chi connectivity index (χ4n) is 1.61. The van der Waals surface area contributed by atoms with Crippen LogP contribution >= 0.6 is 12.4 Å². The molecule has 2 N–H and O–H groups in total. The van der Waals surface area contributed by atoms with Crippen molar-refractivity contribution < 1.29 is 9.53 Å². The fraction of sp³-hybridized carbons (Fsp3) is 0.0833. The summed E-state index contributed by atoms with van der Waals surface area (Å²) < 4.78 is 4.70. The first-order valence-electron chi connectivity index (χ1n) is 4.59. The van der Waals surface area contributed by atoms with Gasteiger partial charge in [-0.05, 0) is 17.5 Å². The molecule has 0 fully saturated rings. The SMILES string of the molecule is COC(=O)c1ccc(N)c2ccccc12.Cl. The Labute approximate surface area is 99.6 Å². The Kier molecular flexibility index (Phi) is 3.74. The number of nitrogens with two attached hydrogens (primary N) is 1. The first kappa shape index (κ1) is 12.3. The third-order valence-corrected chi connectivity index (χ3v) is 2.36. The molecule has 0 aliphatic rings. The van der Waals surface area contributed by atoms with Gasteiger partial charge in [-0.3, -0.25) is 0 Å². The molecular formula is C12H12ClNO2. The second kappa shape index (κ2) is 4.86. The van der Waals surface area contributed by atoms with Crippen molar-refractivity contribution >= 4 is 34.8 Å². The summed E-state index contributed by atoms with van der Waals surface area (Å²) in [6.45, 7) is 0. The minimum Gasteiger partial charge on any atom is -0.465 e. The van der Waals surface area contributed by atoms with Crippen molar-refractivity contribution in [2.24, 2.45) is 0 Å². The summed E-state index contributed by atoms with van der Waals surface area (Å²) >= 11 is 0. The van der Waals surface area contributed by atoms with Gasteiger partial charge < -0.3 is 10.5 Å². The Balaban J connectivity index is 0.00000128. The summed E-state index contributed by atoms with van der Waals surface area (Å²) in [4.78, 5) is 11.5. The van der Waals surface area contributed by atoms with Gasteiger partial charge in [0, 0.05) is 11.1 Å². The van der Waals surface area contributed by atoms with Gasteiger partial charge in [0.1, 0.15) is 0 Å². The average Bonchev–Trinajstić information content (AvgIpc) is 2.29. The number of benzene rings is 2. The second-order valence-electron chi connectivity index (χ2n) is 3.24. The van der Waals surface area contributed by atoms with E-state index in [0.29, 0.717) is 11.3 Å². The van der Waals surface area contributed by atoms with Crippen molar-refractivity contribution in [3.8, 4) is 0 Å². The van der Waals surface area contributed by atoms with Gasteiger partial charge in [0.25, 0.3) is 0 Å². The topological polar surface area (TPSA) is 52.3 Å². The van der Waals surface area contributed by atoms with E-state index in [4.69, 9.17) is 10.5 Å². The van der Waals surface area contributed by atoms with Gasteiger partial charge in [0.05, 0.1) is 12.7 Å². The molecule has 0 heterocycles. The highest BCUT2D eigenvalue weighted by Gasteiger charge is 2.10. The van der Waals surface area contributed by atoms with E-state index in [9.17, 15) is 4.79 Å². The molecule has 16 heavy (non-hydrogen) atoms. The minimum atomic E-state index is -0.341. The lowest BCUT2D eigenvalue weighted by Crippen LogP contribution is -2.02. The van der Waals surface area contributed by atoms with E-state index in [2.05, 4.69) is 0 Å². The van der Waals surface area contributed by atoms with Gasteiger partial charge >= 0.3 is 5.97 Å². The lowest BCUT2D eigenvalue weighted by atomic mass is 10.0. The Bertz CT molecular complexity index is 525. The quantitative estimate of drug-likeness (QED) is 0.613. The predicted molar refractivity (Wildman–Crippen MR) is 66.9 cm³/mol. The van der Waals surface area contributed by atoms with Crippen LogP contribution in [0.4, 0.5) is 5.69 Å². The third-order valence-electron chi connectivity index (χ3n) is 2.36. The number of methoxy groups -OCH3 is 1. The number of hydrogen-bond donors (Lipinski definition) is 1. The molecule has 0 spiro atoms. The third kappa shape index (κ3) is 1.95. The number of halogens is 1. The number of ether oxygens (including phenoxy) is 1. The zero-order valence-corrected chi connectivity index (χ0v) is 9.58. The molecule has 2 aromatic rings. The first-order valence-corrected chi connectivity index (χ1v) is 4.59. The van der Waals surface area contributed by atoms with E-state index < -0.39 is 0 Å². The van der Waals surface area contributed by atoms with Crippen LogP contribution in [-0.4, -0.2) is 13.1 Å². The van der Waals surface area contributed by atoms with E-state index in [1.54, 1.807) is 12.1 Å². The molecule has 4 heteroatoms. The number of carbonyl (C=O) groups is 1. The number of nitrogen functional groups attached to an aromatic ring is 1. The number of anilines is 1. The van der Waals surface area contributed by atoms with Crippen LogP contribution in [0.3, 0.4) is 0 Å². The van der Waals surface area contributed by atoms with Crippen LogP contribution in [0.25, 0.3) is 10.8 Å². The van der Waals surface area contributed by atoms with Gasteiger partial charge in [0.15, 0.2) is 0 Å². The van der Waals surface area contributed by atoms with Crippen molar-refractivity contribution in [1.82, 2.24) is 0 Å². The summed E-state index contributed by atoms with van der Waals surface area (Å²) in [5.41, 5.74) is 7.02. The van der Waals surface area contributed by atoms with Gasteiger partial charge in [-0.25, -0.2) is 4.79 Å². The van der Waals surface area contributed by atoms with Crippen LogP contribution < -0.4 is 5.73 Å². The molecule has 0 bridgehead atoms. The van der Waals surface area contributed by atoms with Crippen LogP contribution in [0.2, 0.25) is 0 Å². The molecule has 0 aliphatic heterocycles. The molecule has 2 aromatic carbocycles. The van der Waals surface area contributed by atoms with Crippen molar-refractivity contribution in [3.05, 3.63) is 42.0 Å². The van der Waals surface area contributed by atoms with E-state index in [1.807, 2.05) is 24.3 Å². The molecule has 0 aromatic heterocycles. The Hall–Kier alpha value is -1.74. The van der Waals surface area contributed by atoms with Gasteiger partial charge in [-0.1, -0.05) is 24.3 Å². The maximum absolute atomic E-state index is 11.5. The van der Waals surface area contributed by atoms with Crippen molar-refractivity contribution in [2.45, 2.75) is 0 Å². The fourth-order valence-corrected chi connectivity index (χ4v) is 1.61. The molecule has 0 saturated carbocycles. The van der Waals surface area contributed by atoms with E-state index >= 15 is 0 Å². The zero-order valence-electron chi connectivity index (χ0n) is 8.77. The minimum absolute atomic E-state index is 0. The monoisotopic (exact) mass is 237 g/mol. The highest BCUT2D eigenvalue weighted by molar-refractivity contribution is 6.07. The average molecular weight is 238 g/mol. The molecule has 0 unspecified atom stereocenters.